The van der Waals surface area contributed by atoms with E-state index in [1.807, 2.05) is 0 Å². The molecule has 0 amide bonds. The monoisotopic (exact) mass is 806 g/mol. The molecule has 1 atom stereocenters. The Morgan fingerprint density at radius 2 is 0.921 bits per heavy atom. The number of hydrogen-bond donors (Lipinski definition) is 0. The minimum Gasteiger partial charge on any atom is -0.310 e. The number of fused-ring (bicyclic) bond motifs is 14. The zero-order valence-electron chi connectivity index (χ0n) is 36.0. The zero-order chi connectivity index (χ0) is 42.2. The molecule has 2 heteroatoms. The quantitative estimate of drug-likeness (QED) is 0.172. The second-order valence-corrected chi connectivity index (χ2v) is 18.8. The van der Waals surface area contributed by atoms with E-state index in [1.165, 1.54) is 94.3 Å². The summed E-state index contributed by atoms with van der Waals surface area (Å²) in [4.78, 5) is 2.53. The van der Waals surface area contributed by atoms with Crippen LogP contribution in [0.15, 0.2) is 206 Å². The Hall–Kier alpha value is -7.42. The van der Waals surface area contributed by atoms with E-state index in [0.29, 0.717) is 0 Å². The van der Waals surface area contributed by atoms with Crippen LogP contribution >= 0.6 is 0 Å². The Balaban J connectivity index is 1.12. The van der Waals surface area contributed by atoms with Gasteiger partial charge in [0.1, 0.15) is 0 Å². The Morgan fingerprint density at radius 3 is 1.75 bits per heavy atom. The molecule has 9 aromatic carbocycles. The highest BCUT2D eigenvalue weighted by molar-refractivity contribution is 6.12. The SMILES string of the molecule is CC1(C)c2ccccc2-c2ccc(N(c3ccc4c(c3)C(C)(C)c3ccccc3C43c4ccccc4-n4c5ccccc5c5cccc3c54)c3ccccc3-c3ccccc3)cc21. The van der Waals surface area contributed by atoms with E-state index in [4.69, 9.17) is 0 Å². The Labute approximate surface area is 369 Å². The van der Waals surface area contributed by atoms with Gasteiger partial charge in [-0.2, -0.15) is 0 Å². The smallest absolute Gasteiger partial charge is 0.0748 e. The third-order valence-corrected chi connectivity index (χ3v) is 15.0. The normalized spacial score (nSPS) is 16.9. The molecule has 3 aliphatic rings. The lowest BCUT2D eigenvalue weighted by Gasteiger charge is -2.50. The highest BCUT2D eigenvalue weighted by Gasteiger charge is 2.53. The number of hydrogen-bond acceptors (Lipinski definition) is 1. The second kappa shape index (κ2) is 12.8. The lowest BCUT2D eigenvalue weighted by atomic mass is 9.53. The number of aromatic nitrogens is 1. The summed E-state index contributed by atoms with van der Waals surface area (Å²) < 4.78 is 2.53. The van der Waals surface area contributed by atoms with Crippen molar-refractivity contribution in [1.29, 1.82) is 0 Å². The Bertz CT molecular complexity index is 3530. The molecule has 0 saturated carbocycles. The van der Waals surface area contributed by atoms with Gasteiger partial charge in [0.2, 0.25) is 0 Å². The van der Waals surface area contributed by atoms with Crippen LogP contribution in [0.1, 0.15) is 72.2 Å². The molecule has 13 rings (SSSR count). The third-order valence-electron chi connectivity index (χ3n) is 15.0. The van der Waals surface area contributed by atoms with Gasteiger partial charge in [-0.15, -0.1) is 0 Å². The van der Waals surface area contributed by atoms with Gasteiger partial charge in [-0.1, -0.05) is 191 Å². The minimum absolute atomic E-state index is 0.141. The second-order valence-electron chi connectivity index (χ2n) is 18.8. The molecule has 2 aliphatic carbocycles. The van der Waals surface area contributed by atoms with Crippen LogP contribution in [-0.4, -0.2) is 4.57 Å². The number of para-hydroxylation sites is 4. The van der Waals surface area contributed by atoms with E-state index in [1.54, 1.807) is 0 Å². The average molecular weight is 807 g/mol. The van der Waals surface area contributed by atoms with Gasteiger partial charge < -0.3 is 9.47 Å². The van der Waals surface area contributed by atoms with Crippen LogP contribution in [0.5, 0.6) is 0 Å². The highest BCUT2D eigenvalue weighted by atomic mass is 15.1. The molecule has 2 heterocycles. The van der Waals surface area contributed by atoms with Crippen LogP contribution in [0, 0.1) is 0 Å². The van der Waals surface area contributed by atoms with Gasteiger partial charge in [0, 0.05) is 38.5 Å². The van der Waals surface area contributed by atoms with Crippen LogP contribution in [-0.2, 0) is 16.2 Å². The molecule has 1 aliphatic heterocycles. The van der Waals surface area contributed by atoms with Crippen molar-refractivity contribution in [2.24, 2.45) is 0 Å². The lowest BCUT2D eigenvalue weighted by Crippen LogP contribution is -2.44. The first-order valence-corrected chi connectivity index (χ1v) is 22.4. The molecular weight excluding hydrogens is 761 g/mol. The molecule has 10 aromatic rings. The summed E-state index contributed by atoms with van der Waals surface area (Å²) in [6.45, 7) is 9.63. The van der Waals surface area contributed by atoms with Crippen molar-refractivity contribution in [2.45, 2.75) is 43.9 Å². The first-order chi connectivity index (χ1) is 30.8. The van der Waals surface area contributed by atoms with Gasteiger partial charge in [0.05, 0.1) is 27.8 Å². The summed E-state index contributed by atoms with van der Waals surface area (Å²) in [5, 5.41) is 2.58. The van der Waals surface area contributed by atoms with Gasteiger partial charge >= 0.3 is 0 Å². The molecule has 1 spiro atoms. The fourth-order valence-corrected chi connectivity index (χ4v) is 12.2. The van der Waals surface area contributed by atoms with Gasteiger partial charge in [-0.3, -0.25) is 0 Å². The number of anilines is 3. The standard InChI is InChI=1S/C61H46N2/c1-59(2)47-25-11-8-22-43(47)44-35-33-40(37-53(44)59)62(55-30-15-9-21-42(55)39-19-6-5-7-20-39)41-34-36-50-54(38-41)60(3,4)48-26-12-13-27-49(48)61(50)51-28-14-17-32-57(51)63-56-31-16-10-23-45(56)46-24-18-29-52(61)58(46)63/h5-38H,1-4H3. The van der Waals surface area contributed by atoms with Crippen molar-refractivity contribution in [3.05, 3.63) is 251 Å². The maximum absolute atomic E-state index is 2.54. The summed E-state index contributed by atoms with van der Waals surface area (Å²) in [6.07, 6.45) is 0. The molecule has 2 nitrogen and oxygen atoms in total. The van der Waals surface area contributed by atoms with Crippen LogP contribution in [0.25, 0.3) is 49.7 Å². The van der Waals surface area contributed by atoms with Crippen molar-refractivity contribution in [2.75, 3.05) is 4.90 Å². The summed E-state index contributed by atoms with van der Waals surface area (Å²) in [5.74, 6) is 0. The maximum Gasteiger partial charge on any atom is 0.0748 e. The summed E-state index contributed by atoms with van der Waals surface area (Å²) in [5.41, 5.74) is 22.1. The highest BCUT2D eigenvalue weighted by Crippen LogP contribution is 2.61. The van der Waals surface area contributed by atoms with Crippen molar-refractivity contribution in [1.82, 2.24) is 4.57 Å². The van der Waals surface area contributed by atoms with Crippen molar-refractivity contribution < 1.29 is 0 Å². The van der Waals surface area contributed by atoms with Gasteiger partial charge in [0.15, 0.2) is 0 Å². The predicted molar refractivity (Wildman–Crippen MR) is 262 cm³/mol. The van der Waals surface area contributed by atoms with E-state index in [0.717, 1.165) is 17.1 Å². The fourth-order valence-electron chi connectivity index (χ4n) is 12.2. The topological polar surface area (TPSA) is 8.17 Å². The molecule has 1 unspecified atom stereocenters. The molecule has 300 valence electrons. The van der Waals surface area contributed by atoms with E-state index >= 15 is 0 Å². The number of rotatable bonds is 4. The predicted octanol–water partition coefficient (Wildman–Crippen LogP) is 15.6. The lowest BCUT2D eigenvalue weighted by molar-refractivity contribution is 0.556. The molecule has 63 heavy (non-hydrogen) atoms. The fraction of sp³-hybridized carbons (Fsp3) is 0.115. The van der Waals surface area contributed by atoms with E-state index in [2.05, 4.69) is 243 Å². The Morgan fingerprint density at radius 1 is 0.365 bits per heavy atom. The minimum atomic E-state index is -0.559. The number of nitrogens with zero attached hydrogens (tertiary/aromatic N) is 2. The van der Waals surface area contributed by atoms with Crippen molar-refractivity contribution >= 4 is 38.9 Å². The first-order valence-electron chi connectivity index (χ1n) is 22.4. The largest absolute Gasteiger partial charge is 0.310 e. The van der Waals surface area contributed by atoms with Crippen LogP contribution < -0.4 is 4.90 Å². The van der Waals surface area contributed by atoms with Crippen molar-refractivity contribution in [3.63, 3.8) is 0 Å². The van der Waals surface area contributed by atoms with Crippen LogP contribution in [0.4, 0.5) is 17.1 Å². The molecule has 0 radical (unpaired) electrons. The van der Waals surface area contributed by atoms with Crippen molar-refractivity contribution in [3.8, 4) is 27.9 Å². The average Bonchev–Trinajstić information content (AvgIpc) is 3.79. The van der Waals surface area contributed by atoms with Gasteiger partial charge in [-0.05, 0) is 104 Å². The number of benzene rings is 9. The molecule has 0 saturated heterocycles. The van der Waals surface area contributed by atoms with E-state index < -0.39 is 5.41 Å². The van der Waals surface area contributed by atoms with Crippen LogP contribution in [0.2, 0.25) is 0 Å². The molecule has 0 fully saturated rings. The van der Waals surface area contributed by atoms with Gasteiger partial charge in [0.25, 0.3) is 0 Å². The molecule has 0 N–H and O–H groups in total. The van der Waals surface area contributed by atoms with Crippen LogP contribution in [0.3, 0.4) is 0 Å². The van der Waals surface area contributed by atoms with Gasteiger partial charge in [-0.25, -0.2) is 0 Å². The third kappa shape index (κ3) is 4.68. The summed E-state index contributed by atoms with van der Waals surface area (Å²) in [6, 6.07) is 77.8. The summed E-state index contributed by atoms with van der Waals surface area (Å²) in [7, 11) is 0. The first kappa shape index (κ1) is 36.3. The molecular formula is C61H46N2. The van der Waals surface area contributed by atoms with E-state index in [-0.39, 0.29) is 10.8 Å². The summed E-state index contributed by atoms with van der Waals surface area (Å²) >= 11 is 0. The molecule has 1 aromatic heterocycles. The Kier molecular flexibility index (Phi) is 7.37. The zero-order valence-corrected chi connectivity index (χ0v) is 36.0. The maximum atomic E-state index is 2.54. The van der Waals surface area contributed by atoms with E-state index in [9.17, 15) is 0 Å². The molecule has 0 bridgehead atoms.